The number of aromatic nitrogens is 2. The summed E-state index contributed by atoms with van der Waals surface area (Å²) in [6.45, 7) is 2.38. The van der Waals surface area contributed by atoms with Crippen LogP contribution in [-0.4, -0.2) is 9.97 Å². The van der Waals surface area contributed by atoms with Crippen LogP contribution in [0.3, 0.4) is 0 Å². The van der Waals surface area contributed by atoms with E-state index < -0.39 is 0 Å². The third-order valence-corrected chi connectivity index (χ3v) is 11.8. The highest BCUT2D eigenvalue weighted by atomic mass is 16.3. The van der Waals surface area contributed by atoms with E-state index in [2.05, 4.69) is 177 Å². The van der Waals surface area contributed by atoms with Crippen molar-refractivity contribution >= 4 is 21.9 Å². The summed E-state index contributed by atoms with van der Waals surface area (Å²) in [6, 6.07) is 71.0. The Labute approximate surface area is 331 Å². The number of hydrogen-bond donors (Lipinski definition) is 0. The molecule has 3 nitrogen and oxygen atoms in total. The fourth-order valence-electron chi connectivity index (χ4n) is 9.02. The highest BCUT2D eigenvalue weighted by Crippen LogP contribution is 2.55. The van der Waals surface area contributed by atoms with Crippen LogP contribution in [0.1, 0.15) is 23.6 Å². The minimum absolute atomic E-state index is 0.315. The van der Waals surface area contributed by atoms with Gasteiger partial charge in [-0.1, -0.05) is 182 Å². The zero-order valence-corrected chi connectivity index (χ0v) is 31.4. The van der Waals surface area contributed by atoms with Gasteiger partial charge in [0, 0.05) is 38.4 Å². The molecule has 57 heavy (non-hydrogen) atoms. The quantitative estimate of drug-likeness (QED) is 0.171. The van der Waals surface area contributed by atoms with E-state index >= 15 is 0 Å². The van der Waals surface area contributed by atoms with Crippen LogP contribution in [0, 0.1) is 0 Å². The van der Waals surface area contributed by atoms with Crippen molar-refractivity contribution in [3.63, 3.8) is 0 Å². The van der Waals surface area contributed by atoms with Crippen LogP contribution in [0.15, 0.2) is 205 Å². The molecule has 3 heteroatoms. The molecular weight excluding hydrogens is 693 g/mol. The van der Waals surface area contributed by atoms with E-state index in [1.807, 2.05) is 30.3 Å². The first-order chi connectivity index (χ1) is 28.1. The lowest BCUT2D eigenvalue weighted by atomic mass is 9.72. The molecule has 11 rings (SSSR count). The molecule has 2 heterocycles. The third-order valence-electron chi connectivity index (χ3n) is 11.8. The molecule has 0 bridgehead atoms. The summed E-state index contributed by atoms with van der Waals surface area (Å²) < 4.78 is 6.38. The summed E-state index contributed by atoms with van der Waals surface area (Å²) in [5.74, 6) is 0.692. The number of hydrogen-bond acceptors (Lipinski definition) is 3. The molecule has 8 aromatic carbocycles. The number of nitrogens with zero attached hydrogens (tertiary/aromatic N) is 2. The minimum Gasteiger partial charge on any atom is -0.455 e. The highest BCUT2D eigenvalue weighted by Gasteiger charge is 2.42. The van der Waals surface area contributed by atoms with Crippen molar-refractivity contribution < 1.29 is 4.42 Å². The number of benzene rings is 8. The second kappa shape index (κ2) is 13.1. The zero-order chi connectivity index (χ0) is 37.9. The third kappa shape index (κ3) is 5.35. The highest BCUT2D eigenvalue weighted by molar-refractivity contribution is 6.09. The second-order valence-corrected chi connectivity index (χ2v) is 15.0. The largest absolute Gasteiger partial charge is 0.455 e. The fourth-order valence-corrected chi connectivity index (χ4v) is 9.02. The van der Waals surface area contributed by atoms with Crippen molar-refractivity contribution in [2.75, 3.05) is 0 Å². The van der Waals surface area contributed by atoms with Crippen LogP contribution in [0.5, 0.6) is 0 Å². The van der Waals surface area contributed by atoms with Crippen molar-refractivity contribution in [2.24, 2.45) is 0 Å². The molecule has 0 saturated carbocycles. The van der Waals surface area contributed by atoms with Crippen LogP contribution in [-0.2, 0) is 5.41 Å². The van der Waals surface area contributed by atoms with Gasteiger partial charge in [-0.3, -0.25) is 0 Å². The van der Waals surface area contributed by atoms with E-state index in [0.717, 1.165) is 66.7 Å². The number of rotatable bonds is 6. The Morgan fingerprint density at radius 3 is 1.82 bits per heavy atom. The van der Waals surface area contributed by atoms with Gasteiger partial charge in [-0.15, -0.1) is 0 Å². The fraction of sp³-hybridized carbons (Fsp3) is 0.0370. The Kier molecular flexibility index (Phi) is 7.61. The molecule has 0 radical (unpaired) electrons. The maximum absolute atomic E-state index is 6.38. The lowest BCUT2D eigenvalue weighted by Gasteiger charge is -2.30. The van der Waals surface area contributed by atoms with E-state index in [9.17, 15) is 0 Å². The molecule has 2 aromatic heterocycles. The molecule has 268 valence electrons. The lowest BCUT2D eigenvalue weighted by molar-refractivity contribution is 0.670. The average molecular weight is 729 g/mol. The Morgan fingerprint density at radius 1 is 0.404 bits per heavy atom. The normalized spacial score (nSPS) is 14.5. The first-order valence-corrected chi connectivity index (χ1v) is 19.5. The van der Waals surface area contributed by atoms with E-state index in [1.54, 1.807) is 0 Å². The van der Waals surface area contributed by atoms with Crippen LogP contribution in [0.2, 0.25) is 0 Å². The molecule has 1 atom stereocenters. The average Bonchev–Trinajstić information content (AvgIpc) is 3.80. The molecular formula is C54H36N2O. The van der Waals surface area contributed by atoms with Crippen LogP contribution in [0.4, 0.5) is 0 Å². The van der Waals surface area contributed by atoms with E-state index in [0.29, 0.717) is 5.82 Å². The molecule has 0 spiro atoms. The zero-order valence-electron chi connectivity index (χ0n) is 31.4. The van der Waals surface area contributed by atoms with Crippen LogP contribution in [0.25, 0.3) is 89.2 Å². The van der Waals surface area contributed by atoms with Gasteiger partial charge in [0.25, 0.3) is 0 Å². The predicted molar refractivity (Wildman–Crippen MR) is 234 cm³/mol. The van der Waals surface area contributed by atoms with Crippen molar-refractivity contribution in [1.29, 1.82) is 0 Å². The Balaban J connectivity index is 1.03. The molecule has 1 aliphatic rings. The van der Waals surface area contributed by atoms with Crippen molar-refractivity contribution in [2.45, 2.75) is 12.3 Å². The van der Waals surface area contributed by atoms with Crippen LogP contribution < -0.4 is 0 Å². The molecule has 1 aliphatic carbocycles. The van der Waals surface area contributed by atoms with Crippen molar-refractivity contribution in [1.82, 2.24) is 9.97 Å². The number of fused-ring (bicyclic) bond motifs is 6. The topological polar surface area (TPSA) is 38.9 Å². The standard InChI is InChI=1S/C54H36N2O/c1-54(40-19-6-3-7-20-40)47-27-10-8-21-43(47)45-25-13-23-41(51(45)54)38-17-12-18-39(33-38)49-34-48(55-53(56-49)37-15-4-2-5-16-37)36-31-29-35(30-32-36)42-24-14-26-46-44-22-9-11-28-50(44)57-52(42)46/h2-34H,1H3. The first-order valence-electron chi connectivity index (χ1n) is 19.5. The van der Waals surface area contributed by atoms with Gasteiger partial charge in [0.2, 0.25) is 0 Å². The van der Waals surface area contributed by atoms with Gasteiger partial charge in [-0.25, -0.2) is 9.97 Å². The van der Waals surface area contributed by atoms with Gasteiger partial charge in [-0.05, 0) is 69.6 Å². The molecule has 0 aliphatic heterocycles. The Morgan fingerprint density at radius 2 is 0.982 bits per heavy atom. The van der Waals surface area contributed by atoms with Crippen LogP contribution >= 0.6 is 0 Å². The molecule has 0 amide bonds. The second-order valence-electron chi connectivity index (χ2n) is 15.0. The van der Waals surface area contributed by atoms with Gasteiger partial charge < -0.3 is 4.42 Å². The maximum atomic E-state index is 6.38. The number of furan rings is 1. The van der Waals surface area contributed by atoms with Gasteiger partial charge in [0.15, 0.2) is 5.82 Å². The van der Waals surface area contributed by atoms with E-state index in [4.69, 9.17) is 14.4 Å². The summed E-state index contributed by atoms with van der Waals surface area (Å²) >= 11 is 0. The van der Waals surface area contributed by atoms with Gasteiger partial charge in [-0.2, -0.15) is 0 Å². The van der Waals surface area contributed by atoms with Gasteiger partial charge >= 0.3 is 0 Å². The summed E-state index contributed by atoms with van der Waals surface area (Å²) in [5.41, 5.74) is 17.3. The lowest BCUT2D eigenvalue weighted by Crippen LogP contribution is -2.23. The predicted octanol–water partition coefficient (Wildman–Crippen LogP) is 14.0. The number of para-hydroxylation sites is 2. The van der Waals surface area contributed by atoms with E-state index in [1.165, 1.54) is 33.4 Å². The van der Waals surface area contributed by atoms with Crippen molar-refractivity contribution in [3.05, 3.63) is 217 Å². The SMILES string of the molecule is CC1(c2ccccc2)c2ccccc2-c2cccc(-c3cccc(-c4cc(-c5ccc(-c6cccc7c6oc6ccccc67)cc5)nc(-c5ccccc5)n4)c3)c21. The smallest absolute Gasteiger partial charge is 0.160 e. The monoisotopic (exact) mass is 728 g/mol. The van der Waals surface area contributed by atoms with E-state index in [-0.39, 0.29) is 5.41 Å². The summed E-state index contributed by atoms with van der Waals surface area (Å²) in [4.78, 5) is 10.4. The maximum Gasteiger partial charge on any atom is 0.160 e. The Hall–Kier alpha value is -7.36. The molecule has 10 aromatic rings. The first kappa shape index (κ1) is 33.0. The molecule has 0 fully saturated rings. The summed E-state index contributed by atoms with van der Waals surface area (Å²) in [5, 5.41) is 2.25. The van der Waals surface area contributed by atoms with Gasteiger partial charge in [0.1, 0.15) is 11.2 Å². The molecule has 1 unspecified atom stereocenters. The molecule has 0 N–H and O–H groups in total. The minimum atomic E-state index is -0.315. The summed E-state index contributed by atoms with van der Waals surface area (Å²) in [6.07, 6.45) is 0. The van der Waals surface area contributed by atoms with Gasteiger partial charge in [0.05, 0.1) is 11.4 Å². The molecule has 0 saturated heterocycles. The summed E-state index contributed by atoms with van der Waals surface area (Å²) in [7, 11) is 0. The van der Waals surface area contributed by atoms with Crippen molar-refractivity contribution in [3.8, 4) is 67.3 Å². The Bertz CT molecular complexity index is 3130.